The summed E-state index contributed by atoms with van der Waals surface area (Å²) in [6.07, 6.45) is 0. The average Bonchev–Trinajstić information content (AvgIpc) is 1.95. The van der Waals surface area contributed by atoms with E-state index in [1.807, 2.05) is 0 Å². The summed E-state index contributed by atoms with van der Waals surface area (Å²) in [5.74, 6) is 0. The Morgan fingerprint density at radius 2 is 1.90 bits per heavy atom. The maximum absolute atomic E-state index is 2.16. The predicted molar refractivity (Wildman–Crippen MR) is 43.4 cm³/mol. The first-order valence-corrected chi connectivity index (χ1v) is 3.61. The molecule has 0 atom stereocenters. The van der Waals surface area contributed by atoms with Crippen molar-refractivity contribution < 1.29 is 5.32 Å². The topological polar surface area (TPSA) is 16.6 Å². The Morgan fingerprint density at radius 1 is 1.20 bits per heavy atom. The van der Waals surface area contributed by atoms with Gasteiger partial charge in [-0.2, -0.15) is 0 Å². The third kappa shape index (κ3) is 1.19. The third-order valence-electron chi connectivity index (χ3n) is 1.96. The van der Waals surface area contributed by atoms with Crippen molar-refractivity contribution in [2.24, 2.45) is 0 Å². The molecule has 0 radical (unpaired) electrons. The second kappa shape index (κ2) is 2.84. The second-order valence-electron chi connectivity index (χ2n) is 2.58. The van der Waals surface area contributed by atoms with Gasteiger partial charge in [0.25, 0.3) is 0 Å². The fraction of sp³-hybridized carbons (Fsp3) is 0.333. The molecular formula is C9H14N+. The molecule has 0 spiro atoms. The molecule has 2 N–H and O–H groups in total. The van der Waals surface area contributed by atoms with Crippen LogP contribution in [0.4, 0.5) is 5.69 Å². The van der Waals surface area contributed by atoms with Gasteiger partial charge >= 0.3 is 0 Å². The number of hydrogen-bond donors (Lipinski definition) is 1. The van der Waals surface area contributed by atoms with E-state index < -0.39 is 0 Å². The fourth-order valence-corrected chi connectivity index (χ4v) is 1.09. The van der Waals surface area contributed by atoms with Gasteiger partial charge in [0, 0.05) is 5.56 Å². The van der Waals surface area contributed by atoms with E-state index in [1.165, 1.54) is 16.8 Å². The molecule has 0 fully saturated rings. The number of nitrogens with two attached hydrogens (primary N) is 1. The molecule has 0 unspecified atom stereocenters. The largest absolute Gasteiger partial charge is 0.316 e. The lowest BCUT2D eigenvalue weighted by Crippen LogP contribution is -2.73. The number of benzene rings is 1. The first kappa shape index (κ1) is 7.29. The molecule has 0 saturated carbocycles. The summed E-state index contributed by atoms with van der Waals surface area (Å²) in [7, 11) is 2.07. The normalized spacial score (nSPS) is 9.90. The zero-order valence-corrected chi connectivity index (χ0v) is 6.81. The van der Waals surface area contributed by atoms with E-state index in [4.69, 9.17) is 0 Å². The van der Waals surface area contributed by atoms with E-state index in [0.29, 0.717) is 0 Å². The van der Waals surface area contributed by atoms with Gasteiger partial charge in [0.05, 0.1) is 7.05 Å². The van der Waals surface area contributed by atoms with E-state index in [0.717, 1.165) is 0 Å². The van der Waals surface area contributed by atoms with Crippen molar-refractivity contribution in [3.8, 4) is 0 Å². The van der Waals surface area contributed by atoms with Gasteiger partial charge in [0.2, 0.25) is 0 Å². The molecule has 0 amide bonds. The molecule has 1 aromatic rings. The minimum Gasteiger partial charge on any atom is -0.316 e. The summed E-state index contributed by atoms with van der Waals surface area (Å²) in [6, 6.07) is 6.38. The molecule has 1 nitrogen and oxygen atoms in total. The number of quaternary nitrogens is 1. The minimum absolute atomic E-state index is 1.35. The Kier molecular flexibility index (Phi) is 2.07. The van der Waals surface area contributed by atoms with Crippen LogP contribution in [0.2, 0.25) is 0 Å². The van der Waals surface area contributed by atoms with Crippen molar-refractivity contribution in [2.75, 3.05) is 7.05 Å². The van der Waals surface area contributed by atoms with Gasteiger partial charge < -0.3 is 5.32 Å². The van der Waals surface area contributed by atoms with E-state index in [9.17, 15) is 0 Å². The maximum atomic E-state index is 2.16. The summed E-state index contributed by atoms with van der Waals surface area (Å²) < 4.78 is 0. The van der Waals surface area contributed by atoms with Crippen LogP contribution in [0.25, 0.3) is 0 Å². The van der Waals surface area contributed by atoms with Gasteiger partial charge in [-0.15, -0.1) is 0 Å². The molecule has 54 valence electrons. The smallest absolute Gasteiger partial charge is 0.132 e. The molecule has 1 rings (SSSR count). The van der Waals surface area contributed by atoms with Gasteiger partial charge in [-0.25, -0.2) is 0 Å². The molecule has 1 heteroatoms. The molecule has 0 aliphatic rings. The van der Waals surface area contributed by atoms with Crippen LogP contribution < -0.4 is 5.32 Å². The highest BCUT2D eigenvalue weighted by molar-refractivity contribution is 5.42. The molecule has 1 aromatic carbocycles. The summed E-state index contributed by atoms with van der Waals surface area (Å²) in [5.41, 5.74) is 4.11. The molecular weight excluding hydrogens is 122 g/mol. The number of rotatable bonds is 1. The zero-order chi connectivity index (χ0) is 7.56. The van der Waals surface area contributed by atoms with Crippen molar-refractivity contribution in [1.82, 2.24) is 0 Å². The Hall–Kier alpha value is -0.820. The molecule has 0 bridgehead atoms. The highest BCUT2D eigenvalue weighted by atomic mass is 14.8. The SMILES string of the molecule is C[NH2+]c1cccc(C)c1C. The highest BCUT2D eigenvalue weighted by Gasteiger charge is 1.99. The Bertz CT molecular complexity index is 228. The number of hydrogen-bond acceptors (Lipinski definition) is 0. The molecule has 10 heavy (non-hydrogen) atoms. The van der Waals surface area contributed by atoms with E-state index in [2.05, 4.69) is 44.4 Å². The lowest BCUT2D eigenvalue weighted by molar-refractivity contribution is -0.539. The first-order valence-electron chi connectivity index (χ1n) is 3.61. The van der Waals surface area contributed by atoms with Crippen molar-refractivity contribution >= 4 is 5.69 Å². The van der Waals surface area contributed by atoms with Crippen LogP contribution in [-0.2, 0) is 0 Å². The van der Waals surface area contributed by atoms with E-state index in [1.54, 1.807) is 0 Å². The summed E-state index contributed by atoms with van der Waals surface area (Å²) >= 11 is 0. The van der Waals surface area contributed by atoms with Gasteiger partial charge in [-0.1, -0.05) is 12.1 Å². The molecule has 0 saturated heterocycles. The Balaban J connectivity index is 3.14. The van der Waals surface area contributed by atoms with Crippen LogP contribution in [0.5, 0.6) is 0 Å². The first-order chi connectivity index (χ1) is 4.75. The van der Waals surface area contributed by atoms with Gasteiger partial charge in [-0.05, 0) is 25.5 Å². The fourth-order valence-electron chi connectivity index (χ4n) is 1.09. The average molecular weight is 136 g/mol. The minimum atomic E-state index is 1.35. The zero-order valence-electron chi connectivity index (χ0n) is 6.81. The van der Waals surface area contributed by atoms with Crippen molar-refractivity contribution in [1.29, 1.82) is 0 Å². The monoisotopic (exact) mass is 136 g/mol. The number of aryl methyl sites for hydroxylation is 1. The van der Waals surface area contributed by atoms with Gasteiger partial charge in [0.1, 0.15) is 5.69 Å². The summed E-state index contributed by atoms with van der Waals surface area (Å²) in [4.78, 5) is 0. The van der Waals surface area contributed by atoms with Crippen molar-refractivity contribution in [3.05, 3.63) is 29.3 Å². The van der Waals surface area contributed by atoms with Crippen molar-refractivity contribution in [3.63, 3.8) is 0 Å². The van der Waals surface area contributed by atoms with Gasteiger partial charge in [0.15, 0.2) is 0 Å². The molecule has 0 aliphatic carbocycles. The molecule has 0 aromatic heterocycles. The summed E-state index contributed by atoms with van der Waals surface area (Å²) in [6.45, 7) is 4.30. The van der Waals surface area contributed by atoms with Gasteiger partial charge in [-0.3, -0.25) is 0 Å². The quantitative estimate of drug-likeness (QED) is 0.557. The molecule has 0 aliphatic heterocycles. The molecule has 0 heterocycles. The lowest BCUT2D eigenvalue weighted by Gasteiger charge is -2.01. The van der Waals surface area contributed by atoms with Crippen molar-refractivity contribution in [2.45, 2.75) is 13.8 Å². The van der Waals surface area contributed by atoms with Crippen LogP contribution in [0, 0.1) is 13.8 Å². The van der Waals surface area contributed by atoms with Crippen LogP contribution in [-0.4, -0.2) is 7.05 Å². The van der Waals surface area contributed by atoms with Crippen LogP contribution in [0.15, 0.2) is 18.2 Å². The maximum Gasteiger partial charge on any atom is 0.132 e. The summed E-state index contributed by atoms with van der Waals surface area (Å²) in [5, 5.41) is 2.14. The Morgan fingerprint density at radius 3 is 2.40 bits per heavy atom. The predicted octanol–water partition coefficient (Wildman–Crippen LogP) is 1.13. The third-order valence-corrected chi connectivity index (χ3v) is 1.96. The standard InChI is InChI=1S/C9H13N/c1-7-5-4-6-9(10-3)8(7)2/h4-6,10H,1-3H3/p+1. The van der Waals surface area contributed by atoms with Crippen LogP contribution in [0.1, 0.15) is 11.1 Å². The van der Waals surface area contributed by atoms with Crippen LogP contribution >= 0.6 is 0 Å². The lowest BCUT2D eigenvalue weighted by atomic mass is 10.1. The second-order valence-corrected chi connectivity index (χ2v) is 2.58. The van der Waals surface area contributed by atoms with Crippen LogP contribution in [0.3, 0.4) is 0 Å². The Labute approximate surface area is 62.1 Å². The highest BCUT2D eigenvalue weighted by Crippen LogP contribution is 2.12. The van der Waals surface area contributed by atoms with E-state index in [-0.39, 0.29) is 0 Å². The van der Waals surface area contributed by atoms with E-state index >= 15 is 0 Å².